The van der Waals surface area contributed by atoms with Crippen molar-refractivity contribution in [2.45, 2.75) is 13.0 Å². The molecule has 0 fully saturated rings. The summed E-state index contributed by atoms with van der Waals surface area (Å²) in [6.45, 7) is -2.99. The third-order valence-electron chi connectivity index (χ3n) is 2.77. The number of halogens is 4. The maximum absolute atomic E-state index is 12.3. The smallest absolute Gasteiger partial charge is 0.387 e. The van der Waals surface area contributed by atoms with Crippen LogP contribution in [0.3, 0.4) is 0 Å². The van der Waals surface area contributed by atoms with Crippen LogP contribution in [0.4, 0.5) is 8.78 Å². The molecule has 0 aliphatic carbocycles. The molecule has 0 spiro atoms. The molecule has 0 heterocycles. The molecule has 0 N–H and O–H groups in total. The summed E-state index contributed by atoms with van der Waals surface area (Å²) in [5, 5.41) is 0.806. The fraction of sp³-hybridized carbons (Fsp3) is 0.133. The molecule has 21 heavy (non-hydrogen) atoms. The first-order valence-corrected chi connectivity index (χ1v) is 6.74. The molecule has 0 aliphatic heterocycles. The van der Waals surface area contributed by atoms with Gasteiger partial charge >= 0.3 is 6.61 Å². The van der Waals surface area contributed by atoms with Crippen LogP contribution in [0.5, 0.6) is 5.75 Å². The number of benzene rings is 2. The number of rotatable bonds is 5. The third kappa shape index (κ3) is 4.16. The van der Waals surface area contributed by atoms with Crippen molar-refractivity contribution in [2.75, 3.05) is 0 Å². The molecule has 0 saturated carbocycles. The van der Waals surface area contributed by atoms with Crippen LogP contribution in [-0.4, -0.2) is 12.4 Å². The second-order valence-electron chi connectivity index (χ2n) is 4.21. The van der Waals surface area contributed by atoms with Crippen LogP contribution in [0, 0.1) is 0 Å². The lowest BCUT2D eigenvalue weighted by Crippen LogP contribution is -2.10. The minimum Gasteiger partial charge on any atom is -0.434 e. The predicted molar refractivity (Wildman–Crippen MR) is 77.6 cm³/mol. The Morgan fingerprint density at radius 1 is 1.14 bits per heavy atom. The van der Waals surface area contributed by atoms with Gasteiger partial charge in [-0.3, -0.25) is 4.79 Å². The van der Waals surface area contributed by atoms with Gasteiger partial charge in [0, 0.05) is 16.5 Å². The van der Waals surface area contributed by atoms with E-state index < -0.39 is 6.61 Å². The first kappa shape index (κ1) is 15.7. The number of para-hydroxylation sites is 1. The fourth-order valence-corrected chi connectivity index (χ4v) is 2.30. The Morgan fingerprint density at radius 2 is 1.86 bits per heavy atom. The average molecular weight is 331 g/mol. The minimum absolute atomic E-state index is 0.0282. The van der Waals surface area contributed by atoms with Gasteiger partial charge in [0.05, 0.1) is 5.56 Å². The van der Waals surface area contributed by atoms with Crippen LogP contribution in [-0.2, 0) is 6.42 Å². The van der Waals surface area contributed by atoms with E-state index in [1.54, 1.807) is 18.2 Å². The SMILES string of the molecule is O=C(Cc1ccc(Cl)cc1Cl)c1ccccc1OC(F)F. The van der Waals surface area contributed by atoms with Crippen LogP contribution in [0.2, 0.25) is 10.0 Å². The molecule has 2 aromatic rings. The van der Waals surface area contributed by atoms with Crippen LogP contribution in [0.25, 0.3) is 0 Å². The molecule has 2 aromatic carbocycles. The lowest BCUT2D eigenvalue weighted by molar-refractivity contribution is -0.0501. The van der Waals surface area contributed by atoms with Crippen LogP contribution >= 0.6 is 23.2 Å². The zero-order valence-corrected chi connectivity index (χ0v) is 12.2. The fourth-order valence-electron chi connectivity index (χ4n) is 1.83. The van der Waals surface area contributed by atoms with Gasteiger partial charge in [0.15, 0.2) is 5.78 Å². The molecule has 6 heteroatoms. The van der Waals surface area contributed by atoms with E-state index in [1.165, 1.54) is 24.3 Å². The number of ketones is 1. The topological polar surface area (TPSA) is 26.3 Å². The van der Waals surface area contributed by atoms with Crippen LogP contribution in [0.15, 0.2) is 42.5 Å². The lowest BCUT2D eigenvalue weighted by atomic mass is 10.0. The summed E-state index contributed by atoms with van der Waals surface area (Å²) in [6, 6.07) is 10.6. The monoisotopic (exact) mass is 330 g/mol. The molecule has 0 aromatic heterocycles. The molecule has 0 saturated heterocycles. The zero-order valence-electron chi connectivity index (χ0n) is 10.7. The Balaban J connectivity index is 2.24. The second kappa shape index (κ2) is 6.87. The van der Waals surface area contributed by atoms with Crippen molar-refractivity contribution in [3.63, 3.8) is 0 Å². The largest absolute Gasteiger partial charge is 0.434 e. The average Bonchev–Trinajstić information content (AvgIpc) is 2.42. The summed E-state index contributed by atoms with van der Waals surface area (Å²) in [5.41, 5.74) is 0.654. The number of ether oxygens (including phenoxy) is 1. The van der Waals surface area contributed by atoms with Crippen molar-refractivity contribution in [3.05, 3.63) is 63.6 Å². The van der Waals surface area contributed by atoms with E-state index in [9.17, 15) is 13.6 Å². The van der Waals surface area contributed by atoms with Crippen molar-refractivity contribution in [1.29, 1.82) is 0 Å². The molecule has 0 aliphatic rings. The van der Waals surface area contributed by atoms with E-state index >= 15 is 0 Å². The van der Waals surface area contributed by atoms with Gasteiger partial charge < -0.3 is 4.74 Å². The van der Waals surface area contributed by atoms with Gasteiger partial charge in [0.25, 0.3) is 0 Å². The molecule has 0 atom stereocenters. The van der Waals surface area contributed by atoms with E-state index in [2.05, 4.69) is 4.74 Å². The Bertz CT molecular complexity index is 660. The molecule has 110 valence electrons. The highest BCUT2D eigenvalue weighted by Gasteiger charge is 2.16. The molecular formula is C15H10Cl2F2O2. The molecule has 0 radical (unpaired) electrons. The summed E-state index contributed by atoms with van der Waals surface area (Å²) in [7, 11) is 0. The maximum Gasteiger partial charge on any atom is 0.387 e. The number of alkyl halides is 2. The summed E-state index contributed by atoms with van der Waals surface area (Å²) in [4.78, 5) is 12.2. The van der Waals surface area contributed by atoms with Gasteiger partial charge in [-0.1, -0.05) is 41.4 Å². The van der Waals surface area contributed by atoms with Crippen molar-refractivity contribution in [2.24, 2.45) is 0 Å². The van der Waals surface area contributed by atoms with Crippen LogP contribution < -0.4 is 4.74 Å². The van der Waals surface area contributed by atoms with E-state index in [0.717, 1.165) is 0 Å². The van der Waals surface area contributed by atoms with E-state index in [0.29, 0.717) is 15.6 Å². The second-order valence-corrected chi connectivity index (χ2v) is 5.05. The first-order valence-electron chi connectivity index (χ1n) is 5.98. The van der Waals surface area contributed by atoms with Gasteiger partial charge in [0.2, 0.25) is 0 Å². The Hall–Kier alpha value is -1.65. The summed E-state index contributed by atoms with van der Waals surface area (Å²) < 4.78 is 29.0. The third-order valence-corrected chi connectivity index (χ3v) is 3.36. The van der Waals surface area contributed by atoms with E-state index in [4.69, 9.17) is 23.2 Å². The highest BCUT2D eigenvalue weighted by Crippen LogP contribution is 2.25. The number of hydrogen-bond acceptors (Lipinski definition) is 2. The normalized spacial score (nSPS) is 10.7. The minimum atomic E-state index is -2.99. The Kier molecular flexibility index (Phi) is 5.15. The van der Waals surface area contributed by atoms with Crippen molar-refractivity contribution in [1.82, 2.24) is 0 Å². The number of carbonyl (C=O) groups excluding carboxylic acids is 1. The molecule has 0 unspecified atom stereocenters. The predicted octanol–water partition coefficient (Wildman–Crippen LogP) is 5.02. The molecular weight excluding hydrogens is 321 g/mol. The Labute approximate surface area is 130 Å². The molecule has 2 nitrogen and oxygen atoms in total. The van der Waals surface area contributed by atoms with E-state index in [1.807, 2.05) is 0 Å². The quantitative estimate of drug-likeness (QED) is 0.719. The highest BCUT2D eigenvalue weighted by molar-refractivity contribution is 6.35. The lowest BCUT2D eigenvalue weighted by Gasteiger charge is -2.10. The van der Waals surface area contributed by atoms with Gasteiger partial charge in [-0.2, -0.15) is 8.78 Å². The summed E-state index contributed by atoms with van der Waals surface area (Å²) in [6.07, 6.45) is -0.0282. The molecule has 0 bridgehead atoms. The molecule has 0 amide bonds. The van der Waals surface area contributed by atoms with Gasteiger partial charge in [-0.15, -0.1) is 0 Å². The zero-order chi connectivity index (χ0) is 15.4. The van der Waals surface area contributed by atoms with E-state index in [-0.39, 0.29) is 23.5 Å². The summed E-state index contributed by atoms with van der Waals surface area (Å²) in [5.74, 6) is -0.516. The van der Waals surface area contributed by atoms with Gasteiger partial charge in [-0.05, 0) is 29.8 Å². The standard InChI is InChI=1S/C15H10Cl2F2O2/c16-10-6-5-9(12(17)8-10)7-13(20)11-3-1-2-4-14(11)21-15(18)19/h1-6,8,15H,7H2. The van der Waals surface area contributed by atoms with Crippen molar-refractivity contribution >= 4 is 29.0 Å². The maximum atomic E-state index is 12.3. The van der Waals surface area contributed by atoms with Gasteiger partial charge in [-0.25, -0.2) is 0 Å². The first-order chi connectivity index (χ1) is 9.97. The summed E-state index contributed by atoms with van der Waals surface area (Å²) >= 11 is 11.8. The van der Waals surface area contributed by atoms with Crippen molar-refractivity contribution in [3.8, 4) is 5.75 Å². The van der Waals surface area contributed by atoms with Gasteiger partial charge in [0.1, 0.15) is 5.75 Å². The van der Waals surface area contributed by atoms with Crippen molar-refractivity contribution < 1.29 is 18.3 Å². The number of carbonyl (C=O) groups is 1. The van der Waals surface area contributed by atoms with Crippen LogP contribution in [0.1, 0.15) is 15.9 Å². The Morgan fingerprint density at radius 3 is 2.52 bits per heavy atom. The number of Topliss-reactive ketones (excluding diaryl/α,β-unsaturated/α-hetero) is 1. The number of hydrogen-bond donors (Lipinski definition) is 0. The molecule has 2 rings (SSSR count). The highest BCUT2D eigenvalue weighted by atomic mass is 35.5.